The van der Waals surface area contributed by atoms with Crippen molar-refractivity contribution in [1.29, 1.82) is 0 Å². The summed E-state index contributed by atoms with van der Waals surface area (Å²) in [4.78, 5) is 12.4. The first-order valence-electron chi connectivity index (χ1n) is 5.86. The number of nitrogens with zero attached hydrogens (tertiary/aromatic N) is 4. The lowest BCUT2D eigenvalue weighted by atomic mass is 9.92. The molecule has 2 rings (SSSR count). The van der Waals surface area contributed by atoms with Crippen LogP contribution in [-0.4, -0.2) is 32.3 Å². The van der Waals surface area contributed by atoms with Crippen LogP contribution in [0.4, 0.5) is 0 Å². The van der Waals surface area contributed by atoms with Gasteiger partial charge in [-0.1, -0.05) is 32.1 Å². The standard InChI is InChI=1S/C11H17N5OS/c1-11(2,3)6-8(17)12-5-4-9-15-16-7-13-14-10(16)18-9/h7H,4-6H2,1-3H3,(H,12,17). The summed E-state index contributed by atoms with van der Waals surface area (Å²) in [5, 5.41) is 15.8. The molecule has 98 valence electrons. The third kappa shape index (κ3) is 3.49. The smallest absolute Gasteiger partial charge is 0.234 e. The molecule has 0 saturated carbocycles. The summed E-state index contributed by atoms with van der Waals surface area (Å²) in [7, 11) is 0. The Balaban J connectivity index is 1.78. The van der Waals surface area contributed by atoms with Gasteiger partial charge in [-0.05, 0) is 5.41 Å². The SMILES string of the molecule is CC(C)(C)CC(=O)NCCc1nn2cnnc2s1. The average Bonchev–Trinajstić information content (AvgIpc) is 2.74. The van der Waals surface area contributed by atoms with Crippen LogP contribution >= 0.6 is 11.3 Å². The molecule has 0 bridgehead atoms. The van der Waals surface area contributed by atoms with Crippen molar-refractivity contribution in [3.8, 4) is 0 Å². The van der Waals surface area contributed by atoms with Crippen molar-refractivity contribution >= 4 is 22.2 Å². The number of hydrogen-bond acceptors (Lipinski definition) is 5. The third-order valence-electron chi connectivity index (χ3n) is 2.28. The fraction of sp³-hybridized carbons (Fsp3) is 0.636. The molecule has 0 aliphatic rings. The van der Waals surface area contributed by atoms with Gasteiger partial charge in [0.05, 0.1) is 0 Å². The van der Waals surface area contributed by atoms with E-state index in [2.05, 4.69) is 41.4 Å². The first-order valence-corrected chi connectivity index (χ1v) is 6.68. The van der Waals surface area contributed by atoms with E-state index in [-0.39, 0.29) is 11.3 Å². The average molecular weight is 267 g/mol. The highest BCUT2D eigenvalue weighted by Crippen LogP contribution is 2.17. The number of fused-ring (bicyclic) bond motifs is 1. The van der Waals surface area contributed by atoms with Gasteiger partial charge in [0, 0.05) is 19.4 Å². The Morgan fingerprint density at radius 1 is 1.50 bits per heavy atom. The van der Waals surface area contributed by atoms with E-state index < -0.39 is 0 Å². The molecule has 2 aromatic rings. The topological polar surface area (TPSA) is 72.2 Å². The summed E-state index contributed by atoms with van der Waals surface area (Å²) in [6.45, 7) is 6.76. The summed E-state index contributed by atoms with van der Waals surface area (Å²) in [5.41, 5.74) is 0.0254. The van der Waals surface area contributed by atoms with Crippen LogP contribution in [0.1, 0.15) is 32.2 Å². The second kappa shape index (κ2) is 5.01. The molecule has 1 N–H and O–H groups in total. The van der Waals surface area contributed by atoms with E-state index in [1.807, 2.05) is 0 Å². The van der Waals surface area contributed by atoms with Crippen LogP contribution in [0.5, 0.6) is 0 Å². The van der Waals surface area contributed by atoms with Crippen molar-refractivity contribution in [2.45, 2.75) is 33.6 Å². The van der Waals surface area contributed by atoms with Gasteiger partial charge in [-0.15, -0.1) is 10.2 Å². The summed E-state index contributed by atoms with van der Waals surface area (Å²) in [6.07, 6.45) is 2.84. The highest BCUT2D eigenvalue weighted by atomic mass is 32.1. The van der Waals surface area contributed by atoms with E-state index in [9.17, 15) is 4.79 Å². The maximum atomic E-state index is 11.6. The normalized spacial score (nSPS) is 11.9. The van der Waals surface area contributed by atoms with Crippen LogP contribution in [0.3, 0.4) is 0 Å². The Morgan fingerprint density at radius 3 is 2.94 bits per heavy atom. The fourth-order valence-electron chi connectivity index (χ4n) is 1.56. The number of hydrogen-bond donors (Lipinski definition) is 1. The predicted molar refractivity (Wildman–Crippen MR) is 69.4 cm³/mol. The van der Waals surface area contributed by atoms with Crippen LogP contribution < -0.4 is 5.32 Å². The minimum absolute atomic E-state index is 0.0254. The molecule has 0 unspecified atom stereocenters. The van der Waals surface area contributed by atoms with E-state index in [0.29, 0.717) is 13.0 Å². The van der Waals surface area contributed by atoms with Crippen LogP contribution in [0.2, 0.25) is 0 Å². The largest absolute Gasteiger partial charge is 0.356 e. The summed E-state index contributed by atoms with van der Waals surface area (Å²) in [5.74, 6) is 0.0884. The van der Waals surface area contributed by atoms with Crippen LogP contribution in [0.25, 0.3) is 4.96 Å². The first kappa shape index (κ1) is 12.9. The Kier molecular flexibility index (Phi) is 3.60. The molecule has 0 saturated heterocycles. The van der Waals surface area contributed by atoms with Crippen LogP contribution in [0.15, 0.2) is 6.33 Å². The number of carbonyl (C=O) groups is 1. The minimum Gasteiger partial charge on any atom is -0.356 e. The number of rotatable bonds is 4. The molecule has 1 amide bonds. The zero-order valence-corrected chi connectivity index (χ0v) is 11.6. The van der Waals surface area contributed by atoms with Gasteiger partial charge < -0.3 is 5.32 Å². The first-order chi connectivity index (χ1) is 8.44. The highest BCUT2D eigenvalue weighted by molar-refractivity contribution is 7.16. The fourth-order valence-corrected chi connectivity index (χ4v) is 2.37. The van der Waals surface area contributed by atoms with Gasteiger partial charge in [0.2, 0.25) is 10.9 Å². The lowest BCUT2D eigenvalue weighted by molar-refractivity contribution is -0.122. The number of amides is 1. The monoisotopic (exact) mass is 267 g/mol. The van der Waals surface area contributed by atoms with Crippen LogP contribution in [0, 0.1) is 5.41 Å². The van der Waals surface area contributed by atoms with Crippen molar-refractivity contribution in [2.24, 2.45) is 5.41 Å². The lowest BCUT2D eigenvalue weighted by Crippen LogP contribution is -2.29. The van der Waals surface area contributed by atoms with Crippen molar-refractivity contribution in [1.82, 2.24) is 25.1 Å². The molecular formula is C11H17N5OS. The van der Waals surface area contributed by atoms with E-state index in [1.165, 1.54) is 11.3 Å². The maximum absolute atomic E-state index is 11.6. The second-order valence-electron chi connectivity index (χ2n) is 5.39. The Labute approximate surface area is 109 Å². The molecule has 0 aromatic carbocycles. The molecule has 7 heteroatoms. The molecule has 6 nitrogen and oxygen atoms in total. The van der Waals surface area contributed by atoms with Crippen molar-refractivity contribution in [3.05, 3.63) is 11.3 Å². The maximum Gasteiger partial charge on any atom is 0.234 e. The Hall–Kier alpha value is -1.50. The Morgan fingerprint density at radius 2 is 2.28 bits per heavy atom. The Bertz CT molecular complexity index is 510. The summed E-state index contributed by atoms with van der Waals surface area (Å²) < 4.78 is 1.65. The number of carbonyl (C=O) groups excluding carboxylic acids is 1. The third-order valence-corrected chi connectivity index (χ3v) is 3.25. The van der Waals surface area contributed by atoms with E-state index in [1.54, 1.807) is 10.8 Å². The predicted octanol–water partition coefficient (Wildman–Crippen LogP) is 1.28. The number of nitrogens with one attached hydrogen (secondary N) is 1. The molecule has 2 heterocycles. The zero-order valence-electron chi connectivity index (χ0n) is 10.8. The van der Waals surface area contributed by atoms with Crippen molar-refractivity contribution < 1.29 is 4.79 Å². The van der Waals surface area contributed by atoms with Gasteiger partial charge in [0.15, 0.2) is 0 Å². The van der Waals surface area contributed by atoms with Gasteiger partial charge in [-0.3, -0.25) is 4.79 Å². The second-order valence-corrected chi connectivity index (χ2v) is 6.43. The minimum atomic E-state index is 0.0254. The zero-order chi connectivity index (χ0) is 13.2. The molecule has 2 aromatic heterocycles. The van der Waals surface area contributed by atoms with Crippen LogP contribution in [-0.2, 0) is 11.2 Å². The number of aromatic nitrogens is 4. The van der Waals surface area contributed by atoms with Gasteiger partial charge >= 0.3 is 0 Å². The van der Waals surface area contributed by atoms with Gasteiger partial charge in [0.1, 0.15) is 11.3 Å². The molecule has 0 spiro atoms. The summed E-state index contributed by atoms with van der Waals surface area (Å²) in [6, 6.07) is 0. The molecule has 0 aliphatic heterocycles. The van der Waals surface area contributed by atoms with Gasteiger partial charge in [0.25, 0.3) is 0 Å². The molecule has 18 heavy (non-hydrogen) atoms. The highest BCUT2D eigenvalue weighted by Gasteiger charge is 2.15. The van der Waals surface area contributed by atoms with E-state index in [0.717, 1.165) is 16.4 Å². The van der Waals surface area contributed by atoms with E-state index in [4.69, 9.17) is 0 Å². The molecule has 0 aliphatic carbocycles. The van der Waals surface area contributed by atoms with Crippen molar-refractivity contribution in [2.75, 3.05) is 6.54 Å². The quantitative estimate of drug-likeness (QED) is 0.905. The van der Waals surface area contributed by atoms with Gasteiger partial charge in [-0.25, -0.2) is 0 Å². The molecular weight excluding hydrogens is 250 g/mol. The van der Waals surface area contributed by atoms with Gasteiger partial charge in [-0.2, -0.15) is 9.61 Å². The molecule has 0 atom stereocenters. The summed E-state index contributed by atoms with van der Waals surface area (Å²) >= 11 is 1.50. The molecule has 0 radical (unpaired) electrons. The molecule has 0 fully saturated rings. The van der Waals surface area contributed by atoms with E-state index >= 15 is 0 Å². The lowest BCUT2D eigenvalue weighted by Gasteiger charge is -2.16. The van der Waals surface area contributed by atoms with Crippen molar-refractivity contribution in [3.63, 3.8) is 0 Å².